The van der Waals surface area contributed by atoms with E-state index in [1.807, 2.05) is 37.1 Å². The van der Waals surface area contributed by atoms with E-state index in [4.69, 9.17) is 14.2 Å². The second-order valence-corrected chi connectivity index (χ2v) is 7.02. The Morgan fingerprint density at radius 1 is 1.27 bits per heavy atom. The van der Waals surface area contributed by atoms with Crippen LogP contribution in [0.4, 0.5) is 5.69 Å². The number of carbonyl (C=O) groups excluding carboxylic acids is 1. The largest absolute Gasteiger partial charge is 0.496 e. The molecule has 0 bridgehead atoms. The number of hydrogen-bond acceptors (Lipinski definition) is 5. The van der Waals surface area contributed by atoms with Crippen LogP contribution in [-0.4, -0.2) is 37.8 Å². The number of rotatable bonds is 6. The highest BCUT2D eigenvalue weighted by atomic mass is 79.9. The molecule has 0 aliphatic carbocycles. The van der Waals surface area contributed by atoms with Crippen molar-refractivity contribution in [2.24, 2.45) is 0 Å². The molecule has 2 aromatic carbocycles. The number of ether oxygens (including phenoxy) is 3. The van der Waals surface area contributed by atoms with Crippen molar-refractivity contribution in [1.29, 1.82) is 0 Å². The molecule has 2 aromatic rings. The van der Waals surface area contributed by atoms with Gasteiger partial charge in [-0.1, -0.05) is 15.9 Å². The van der Waals surface area contributed by atoms with Crippen molar-refractivity contribution in [3.63, 3.8) is 0 Å². The molecule has 3 rings (SSSR count). The molecule has 1 heterocycles. The SMILES string of the molecule is COc1ccc(Br)cc1CN(C)C(C)C(=O)Nc1ccc2c(c1)OCO2. The van der Waals surface area contributed by atoms with Gasteiger partial charge in [0.15, 0.2) is 11.5 Å². The van der Waals surface area contributed by atoms with Crippen LogP contribution in [0.1, 0.15) is 12.5 Å². The minimum Gasteiger partial charge on any atom is -0.496 e. The van der Waals surface area contributed by atoms with Crippen LogP contribution < -0.4 is 19.5 Å². The molecule has 7 heteroatoms. The molecular weight excluding hydrogens is 400 g/mol. The summed E-state index contributed by atoms with van der Waals surface area (Å²) in [5, 5.41) is 2.92. The van der Waals surface area contributed by atoms with E-state index in [1.54, 1.807) is 25.3 Å². The number of methoxy groups -OCH3 is 1. The van der Waals surface area contributed by atoms with E-state index in [2.05, 4.69) is 21.2 Å². The molecule has 0 spiro atoms. The number of carbonyl (C=O) groups is 1. The summed E-state index contributed by atoms with van der Waals surface area (Å²) in [6.45, 7) is 2.66. The molecule has 0 saturated heterocycles. The molecule has 0 radical (unpaired) electrons. The minimum absolute atomic E-state index is 0.0969. The average Bonchev–Trinajstić information content (AvgIpc) is 3.09. The summed E-state index contributed by atoms with van der Waals surface area (Å²) in [7, 11) is 3.55. The maximum Gasteiger partial charge on any atom is 0.241 e. The number of benzene rings is 2. The van der Waals surface area contributed by atoms with Gasteiger partial charge in [0, 0.05) is 28.3 Å². The zero-order valence-electron chi connectivity index (χ0n) is 14.9. The second-order valence-electron chi connectivity index (χ2n) is 6.10. The summed E-state index contributed by atoms with van der Waals surface area (Å²) >= 11 is 3.47. The van der Waals surface area contributed by atoms with E-state index in [0.717, 1.165) is 15.8 Å². The van der Waals surface area contributed by atoms with Crippen molar-refractivity contribution in [3.8, 4) is 17.2 Å². The van der Waals surface area contributed by atoms with Gasteiger partial charge < -0.3 is 19.5 Å². The van der Waals surface area contributed by atoms with Crippen LogP contribution in [0.5, 0.6) is 17.2 Å². The summed E-state index contributed by atoms with van der Waals surface area (Å²) in [6.07, 6.45) is 0. The number of fused-ring (bicyclic) bond motifs is 1. The number of halogens is 1. The lowest BCUT2D eigenvalue weighted by Crippen LogP contribution is -2.39. The lowest BCUT2D eigenvalue weighted by molar-refractivity contribution is -0.120. The predicted molar refractivity (Wildman–Crippen MR) is 103 cm³/mol. The van der Waals surface area contributed by atoms with Crippen molar-refractivity contribution < 1.29 is 19.0 Å². The Bertz CT molecular complexity index is 812. The van der Waals surface area contributed by atoms with Crippen molar-refractivity contribution in [2.75, 3.05) is 26.3 Å². The number of nitrogens with one attached hydrogen (secondary N) is 1. The van der Waals surface area contributed by atoms with Crippen LogP contribution >= 0.6 is 15.9 Å². The first-order valence-corrected chi connectivity index (χ1v) is 9.00. The lowest BCUT2D eigenvalue weighted by Gasteiger charge is -2.25. The van der Waals surface area contributed by atoms with Gasteiger partial charge in [0.05, 0.1) is 13.2 Å². The molecule has 26 heavy (non-hydrogen) atoms. The first-order chi connectivity index (χ1) is 12.5. The summed E-state index contributed by atoms with van der Waals surface area (Å²) < 4.78 is 17.0. The normalized spacial score (nSPS) is 13.6. The Hall–Kier alpha value is -2.25. The van der Waals surface area contributed by atoms with Gasteiger partial charge in [-0.05, 0) is 44.3 Å². The summed E-state index contributed by atoms with van der Waals surface area (Å²) in [4.78, 5) is 14.6. The summed E-state index contributed by atoms with van der Waals surface area (Å²) in [5.41, 5.74) is 1.69. The van der Waals surface area contributed by atoms with Crippen molar-refractivity contribution in [2.45, 2.75) is 19.5 Å². The van der Waals surface area contributed by atoms with Crippen LogP contribution in [0.25, 0.3) is 0 Å². The molecule has 1 amide bonds. The topological polar surface area (TPSA) is 60.0 Å². The third-order valence-electron chi connectivity index (χ3n) is 4.34. The van der Waals surface area contributed by atoms with E-state index < -0.39 is 0 Å². The molecule has 1 atom stereocenters. The minimum atomic E-state index is -0.330. The van der Waals surface area contributed by atoms with Gasteiger partial charge in [-0.3, -0.25) is 9.69 Å². The molecule has 1 aliphatic rings. The second kappa shape index (κ2) is 7.97. The average molecular weight is 421 g/mol. The van der Waals surface area contributed by atoms with E-state index in [1.165, 1.54) is 0 Å². The fraction of sp³-hybridized carbons (Fsp3) is 0.316. The van der Waals surface area contributed by atoms with Crippen molar-refractivity contribution in [3.05, 3.63) is 46.4 Å². The molecule has 1 unspecified atom stereocenters. The summed E-state index contributed by atoms with van der Waals surface area (Å²) in [5.74, 6) is 2.03. The van der Waals surface area contributed by atoms with E-state index >= 15 is 0 Å². The fourth-order valence-electron chi connectivity index (χ4n) is 2.70. The Morgan fingerprint density at radius 3 is 2.81 bits per heavy atom. The van der Waals surface area contributed by atoms with Gasteiger partial charge in [0.2, 0.25) is 12.7 Å². The Labute approximate surface area is 161 Å². The summed E-state index contributed by atoms with van der Waals surface area (Å²) in [6, 6.07) is 10.9. The molecule has 0 saturated carbocycles. The fourth-order valence-corrected chi connectivity index (χ4v) is 3.11. The molecule has 138 valence electrons. The zero-order valence-corrected chi connectivity index (χ0v) is 16.5. The standard InChI is InChI=1S/C19H21BrN2O4/c1-12(22(2)10-13-8-14(20)4-6-16(13)24-3)19(23)21-15-5-7-17-18(9-15)26-11-25-17/h4-9,12H,10-11H2,1-3H3,(H,21,23). The van der Waals surface area contributed by atoms with Crippen LogP contribution in [0.15, 0.2) is 40.9 Å². The quantitative estimate of drug-likeness (QED) is 0.772. The molecule has 0 aromatic heterocycles. The predicted octanol–water partition coefficient (Wildman–Crippen LogP) is 3.65. The molecular formula is C19H21BrN2O4. The smallest absolute Gasteiger partial charge is 0.241 e. The van der Waals surface area contributed by atoms with E-state index in [-0.39, 0.29) is 18.7 Å². The monoisotopic (exact) mass is 420 g/mol. The number of anilines is 1. The molecule has 1 N–H and O–H groups in total. The van der Waals surface area contributed by atoms with Gasteiger partial charge in [-0.2, -0.15) is 0 Å². The van der Waals surface area contributed by atoms with Crippen LogP contribution in [-0.2, 0) is 11.3 Å². The maximum atomic E-state index is 12.6. The van der Waals surface area contributed by atoms with E-state index in [9.17, 15) is 4.79 Å². The maximum absolute atomic E-state index is 12.6. The highest BCUT2D eigenvalue weighted by Gasteiger charge is 2.21. The van der Waals surface area contributed by atoms with Crippen LogP contribution in [0.3, 0.4) is 0 Å². The van der Waals surface area contributed by atoms with Crippen molar-refractivity contribution in [1.82, 2.24) is 4.90 Å². The third kappa shape index (κ3) is 4.11. The highest BCUT2D eigenvalue weighted by molar-refractivity contribution is 9.10. The Balaban J connectivity index is 1.65. The first-order valence-electron chi connectivity index (χ1n) is 8.21. The van der Waals surface area contributed by atoms with Crippen molar-refractivity contribution >= 4 is 27.5 Å². The van der Waals surface area contributed by atoms with Gasteiger partial charge in [-0.25, -0.2) is 0 Å². The van der Waals surface area contributed by atoms with Gasteiger partial charge in [0.25, 0.3) is 0 Å². The molecule has 0 fully saturated rings. The Morgan fingerprint density at radius 2 is 2.04 bits per heavy atom. The lowest BCUT2D eigenvalue weighted by atomic mass is 10.1. The van der Waals surface area contributed by atoms with Gasteiger partial charge >= 0.3 is 0 Å². The Kier molecular flexibility index (Phi) is 5.68. The molecule has 6 nitrogen and oxygen atoms in total. The number of nitrogens with zero attached hydrogens (tertiary/aromatic N) is 1. The highest BCUT2D eigenvalue weighted by Crippen LogP contribution is 2.34. The number of amides is 1. The van der Waals surface area contributed by atoms with Crippen LogP contribution in [0.2, 0.25) is 0 Å². The number of likely N-dealkylation sites (N-methyl/N-ethyl adjacent to an activating group) is 1. The van der Waals surface area contributed by atoms with E-state index in [0.29, 0.717) is 23.7 Å². The molecule has 1 aliphatic heterocycles. The zero-order chi connectivity index (χ0) is 18.7. The number of hydrogen-bond donors (Lipinski definition) is 1. The first kappa shape index (κ1) is 18.5. The van der Waals surface area contributed by atoms with Gasteiger partial charge in [0.1, 0.15) is 5.75 Å². The third-order valence-corrected chi connectivity index (χ3v) is 4.84. The van der Waals surface area contributed by atoms with Crippen LogP contribution in [0, 0.1) is 0 Å². The van der Waals surface area contributed by atoms with Gasteiger partial charge in [-0.15, -0.1) is 0 Å².